The maximum absolute atomic E-state index is 12.2. The Bertz CT molecular complexity index is 515. The van der Waals surface area contributed by atoms with Gasteiger partial charge in [0.05, 0.1) is 12.1 Å². The Morgan fingerprint density at radius 3 is 2.74 bits per heavy atom. The number of benzene rings is 1. The van der Waals surface area contributed by atoms with Crippen LogP contribution in [0.15, 0.2) is 24.3 Å². The molecule has 1 saturated heterocycles. The first kappa shape index (κ1) is 12.2. The van der Waals surface area contributed by atoms with Crippen LogP contribution in [0.5, 0.6) is 0 Å². The van der Waals surface area contributed by atoms with Crippen molar-refractivity contribution in [3.8, 4) is 0 Å². The van der Waals surface area contributed by atoms with Crippen LogP contribution >= 0.6 is 0 Å². The van der Waals surface area contributed by atoms with Gasteiger partial charge in [0.2, 0.25) is 11.8 Å². The van der Waals surface area contributed by atoms with E-state index in [0.717, 1.165) is 6.54 Å². The molecule has 0 bridgehead atoms. The summed E-state index contributed by atoms with van der Waals surface area (Å²) in [5, 5.41) is 8.89. The summed E-state index contributed by atoms with van der Waals surface area (Å²) in [4.78, 5) is 23.3. The Kier molecular flexibility index (Phi) is 3.21. The Labute approximate surface area is 111 Å². The van der Waals surface area contributed by atoms with Crippen LogP contribution in [0.1, 0.15) is 17.5 Å². The summed E-state index contributed by atoms with van der Waals surface area (Å²) in [5.74, 6) is -0.0109. The third kappa shape index (κ3) is 2.61. The van der Waals surface area contributed by atoms with E-state index < -0.39 is 0 Å². The number of fused-ring (bicyclic) bond motifs is 1. The van der Waals surface area contributed by atoms with Crippen molar-refractivity contribution in [1.82, 2.24) is 16.0 Å². The van der Waals surface area contributed by atoms with Gasteiger partial charge in [-0.25, -0.2) is 0 Å². The highest BCUT2D eigenvalue weighted by Gasteiger charge is 2.28. The molecule has 1 fully saturated rings. The fraction of sp³-hybridized carbons (Fsp3) is 0.429. The summed E-state index contributed by atoms with van der Waals surface area (Å²) < 4.78 is 0. The molecule has 2 aliphatic rings. The first-order valence-electron chi connectivity index (χ1n) is 6.59. The molecule has 0 radical (unpaired) electrons. The molecule has 3 rings (SSSR count). The second-order valence-corrected chi connectivity index (χ2v) is 5.12. The minimum Gasteiger partial charge on any atom is -0.354 e. The summed E-state index contributed by atoms with van der Waals surface area (Å²) in [6, 6.07) is 7.88. The summed E-state index contributed by atoms with van der Waals surface area (Å²) in [6.07, 6.45) is 1.09. The molecule has 2 atom stereocenters. The summed E-state index contributed by atoms with van der Waals surface area (Å²) in [7, 11) is 0. The van der Waals surface area contributed by atoms with Crippen LogP contribution in [-0.4, -0.2) is 30.4 Å². The number of rotatable bonds is 2. The SMILES string of the molecule is O=C1CC(NC(=O)C2Cc3ccccc3CN2)CN1. The predicted molar refractivity (Wildman–Crippen MR) is 70.3 cm³/mol. The Hall–Kier alpha value is -1.88. The smallest absolute Gasteiger partial charge is 0.237 e. The van der Waals surface area contributed by atoms with Crippen molar-refractivity contribution in [2.75, 3.05) is 6.54 Å². The Morgan fingerprint density at radius 2 is 2.00 bits per heavy atom. The van der Waals surface area contributed by atoms with Crippen molar-refractivity contribution in [1.29, 1.82) is 0 Å². The number of hydrogen-bond acceptors (Lipinski definition) is 3. The van der Waals surface area contributed by atoms with E-state index in [1.807, 2.05) is 12.1 Å². The first-order chi connectivity index (χ1) is 9.22. The zero-order valence-corrected chi connectivity index (χ0v) is 10.6. The highest BCUT2D eigenvalue weighted by molar-refractivity contribution is 5.85. The molecule has 5 heteroatoms. The summed E-state index contributed by atoms with van der Waals surface area (Å²) in [6.45, 7) is 1.25. The lowest BCUT2D eigenvalue weighted by atomic mass is 9.95. The van der Waals surface area contributed by atoms with Gasteiger partial charge in [-0.05, 0) is 17.5 Å². The normalized spacial score (nSPS) is 25.6. The van der Waals surface area contributed by atoms with Gasteiger partial charge < -0.3 is 16.0 Å². The summed E-state index contributed by atoms with van der Waals surface area (Å²) >= 11 is 0. The van der Waals surface area contributed by atoms with E-state index in [1.54, 1.807) is 0 Å². The largest absolute Gasteiger partial charge is 0.354 e. The van der Waals surface area contributed by atoms with Crippen LogP contribution < -0.4 is 16.0 Å². The molecule has 0 aliphatic carbocycles. The van der Waals surface area contributed by atoms with Crippen LogP contribution in [-0.2, 0) is 22.6 Å². The lowest BCUT2D eigenvalue weighted by Crippen LogP contribution is -2.50. The van der Waals surface area contributed by atoms with Gasteiger partial charge in [-0.2, -0.15) is 0 Å². The molecule has 2 unspecified atom stereocenters. The lowest BCUT2D eigenvalue weighted by molar-refractivity contribution is -0.124. The zero-order valence-electron chi connectivity index (χ0n) is 10.6. The van der Waals surface area contributed by atoms with Crippen LogP contribution in [0, 0.1) is 0 Å². The Balaban J connectivity index is 1.61. The predicted octanol–water partition coefficient (Wildman–Crippen LogP) is -0.294. The molecule has 0 saturated carbocycles. The van der Waals surface area contributed by atoms with E-state index in [2.05, 4.69) is 28.1 Å². The fourth-order valence-electron chi connectivity index (χ4n) is 2.65. The van der Waals surface area contributed by atoms with E-state index in [-0.39, 0.29) is 23.9 Å². The quantitative estimate of drug-likeness (QED) is 0.683. The average Bonchev–Trinajstić information content (AvgIpc) is 2.83. The van der Waals surface area contributed by atoms with E-state index in [4.69, 9.17) is 0 Å². The number of nitrogens with one attached hydrogen (secondary N) is 3. The molecule has 1 aromatic rings. The van der Waals surface area contributed by atoms with Crippen molar-refractivity contribution >= 4 is 11.8 Å². The van der Waals surface area contributed by atoms with Crippen molar-refractivity contribution in [3.05, 3.63) is 35.4 Å². The van der Waals surface area contributed by atoms with Crippen molar-refractivity contribution in [2.45, 2.75) is 31.5 Å². The molecule has 5 nitrogen and oxygen atoms in total. The average molecular weight is 259 g/mol. The van der Waals surface area contributed by atoms with Crippen molar-refractivity contribution in [2.24, 2.45) is 0 Å². The summed E-state index contributed by atoms with van der Waals surface area (Å²) in [5.41, 5.74) is 2.48. The molecule has 100 valence electrons. The molecule has 2 amide bonds. The molecular weight excluding hydrogens is 242 g/mol. The molecule has 2 aliphatic heterocycles. The van der Waals surface area contributed by atoms with Crippen molar-refractivity contribution < 1.29 is 9.59 Å². The third-order valence-corrected chi connectivity index (χ3v) is 3.72. The minimum atomic E-state index is -0.203. The molecule has 0 spiro atoms. The van der Waals surface area contributed by atoms with Crippen LogP contribution in [0.4, 0.5) is 0 Å². The molecule has 1 aromatic carbocycles. The third-order valence-electron chi connectivity index (χ3n) is 3.72. The monoisotopic (exact) mass is 259 g/mol. The van der Waals surface area contributed by atoms with E-state index in [1.165, 1.54) is 11.1 Å². The Morgan fingerprint density at radius 1 is 1.21 bits per heavy atom. The first-order valence-corrected chi connectivity index (χ1v) is 6.59. The van der Waals surface area contributed by atoms with E-state index in [0.29, 0.717) is 19.4 Å². The second kappa shape index (κ2) is 5.01. The maximum atomic E-state index is 12.2. The number of hydrogen-bond donors (Lipinski definition) is 3. The van der Waals surface area contributed by atoms with Crippen LogP contribution in [0.3, 0.4) is 0 Å². The van der Waals surface area contributed by atoms with Gasteiger partial charge in [0.15, 0.2) is 0 Å². The molecular formula is C14H17N3O2. The van der Waals surface area contributed by atoms with Gasteiger partial charge in [-0.3, -0.25) is 9.59 Å². The fourth-order valence-corrected chi connectivity index (χ4v) is 2.65. The topological polar surface area (TPSA) is 70.2 Å². The van der Waals surface area contributed by atoms with Crippen LogP contribution in [0.25, 0.3) is 0 Å². The molecule has 2 heterocycles. The van der Waals surface area contributed by atoms with Gasteiger partial charge >= 0.3 is 0 Å². The van der Waals surface area contributed by atoms with Crippen molar-refractivity contribution in [3.63, 3.8) is 0 Å². The molecule has 0 aromatic heterocycles. The molecule has 3 N–H and O–H groups in total. The second-order valence-electron chi connectivity index (χ2n) is 5.12. The highest BCUT2D eigenvalue weighted by atomic mass is 16.2. The van der Waals surface area contributed by atoms with Gasteiger partial charge in [-0.15, -0.1) is 0 Å². The van der Waals surface area contributed by atoms with Gasteiger partial charge in [-0.1, -0.05) is 24.3 Å². The minimum absolute atomic E-state index is 0.00671. The van der Waals surface area contributed by atoms with E-state index in [9.17, 15) is 9.59 Å². The van der Waals surface area contributed by atoms with Gasteiger partial charge in [0.1, 0.15) is 0 Å². The van der Waals surface area contributed by atoms with Gasteiger partial charge in [0, 0.05) is 19.5 Å². The molecule has 19 heavy (non-hydrogen) atoms. The van der Waals surface area contributed by atoms with Crippen LogP contribution in [0.2, 0.25) is 0 Å². The standard InChI is InChI=1S/C14H17N3O2/c18-13-6-11(8-16-13)17-14(19)12-5-9-3-1-2-4-10(9)7-15-12/h1-4,11-12,15H,5-8H2,(H,16,18)(H,17,19). The van der Waals surface area contributed by atoms with Gasteiger partial charge in [0.25, 0.3) is 0 Å². The number of carbonyl (C=O) groups excluding carboxylic acids is 2. The van der Waals surface area contributed by atoms with E-state index >= 15 is 0 Å². The highest BCUT2D eigenvalue weighted by Crippen LogP contribution is 2.16. The number of carbonyl (C=O) groups is 2. The lowest BCUT2D eigenvalue weighted by Gasteiger charge is -2.26. The zero-order chi connectivity index (χ0) is 13.2. The maximum Gasteiger partial charge on any atom is 0.237 e. The number of amides is 2.